The Labute approximate surface area is 147 Å². The van der Waals surface area contributed by atoms with Gasteiger partial charge in [0.25, 0.3) is 11.6 Å². The van der Waals surface area contributed by atoms with Crippen LogP contribution >= 0.6 is 11.6 Å². The second-order valence-electron chi connectivity index (χ2n) is 4.78. The number of carbonyl (C=O) groups excluding carboxylic acids is 1. The van der Waals surface area contributed by atoms with Gasteiger partial charge in [-0.25, -0.2) is 4.39 Å². The number of nitro benzene ring substituents is 1. The van der Waals surface area contributed by atoms with Crippen LogP contribution in [0.25, 0.3) is 0 Å². The number of nitrogens with one attached hydrogen (secondary N) is 1. The van der Waals surface area contributed by atoms with Gasteiger partial charge in [-0.1, -0.05) is 11.6 Å². The van der Waals surface area contributed by atoms with E-state index < -0.39 is 23.3 Å². The zero-order chi connectivity index (χ0) is 18.4. The summed E-state index contributed by atoms with van der Waals surface area (Å²) >= 11 is 5.79. The highest BCUT2D eigenvalue weighted by atomic mass is 35.5. The first-order chi connectivity index (χ1) is 11.9. The molecule has 0 heterocycles. The van der Waals surface area contributed by atoms with Gasteiger partial charge in [-0.2, -0.15) is 0 Å². The molecule has 0 spiro atoms. The maximum absolute atomic E-state index is 12.9. The van der Waals surface area contributed by atoms with E-state index in [-0.39, 0.29) is 22.1 Å². The summed E-state index contributed by atoms with van der Waals surface area (Å²) in [4.78, 5) is 22.4. The van der Waals surface area contributed by atoms with Crippen LogP contribution in [0.5, 0.6) is 11.5 Å². The maximum Gasteiger partial charge on any atom is 0.296 e. The Balaban J connectivity index is 2.05. The predicted molar refractivity (Wildman–Crippen MR) is 89.8 cm³/mol. The molecule has 0 aliphatic heterocycles. The van der Waals surface area contributed by atoms with E-state index in [1.165, 1.54) is 24.3 Å². The van der Waals surface area contributed by atoms with Crippen molar-refractivity contribution in [3.63, 3.8) is 0 Å². The molecule has 1 N–H and O–H groups in total. The average Bonchev–Trinajstić information content (AvgIpc) is 2.55. The van der Waals surface area contributed by atoms with E-state index in [1.54, 1.807) is 6.92 Å². The lowest BCUT2D eigenvalue weighted by molar-refractivity contribution is -0.384. The molecule has 2 aromatic rings. The normalized spacial score (nSPS) is 10.2. The predicted octanol–water partition coefficient (Wildman–Crippen LogP) is 3.80. The lowest BCUT2D eigenvalue weighted by Crippen LogP contribution is -2.20. The molecule has 2 rings (SSSR count). The lowest BCUT2D eigenvalue weighted by Gasteiger charge is -2.10. The van der Waals surface area contributed by atoms with Crippen LogP contribution in [-0.2, 0) is 4.79 Å². The van der Waals surface area contributed by atoms with E-state index in [9.17, 15) is 19.3 Å². The summed E-state index contributed by atoms with van der Waals surface area (Å²) in [6.07, 6.45) is 0. The van der Waals surface area contributed by atoms with Crippen LogP contribution in [0, 0.1) is 15.9 Å². The van der Waals surface area contributed by atoms with E-state index >= 15 is 0 Å². The molecule has 0 fully saturated rings. The Morgan fingerprint density at radius 1 is 1.28 bits per heavy atom. The molecule has 0 radical (unpaired) electrons. The van der Waals surface area contributed by atoms with Crippen molar-refractivity contribution >= 4 is 28.9 Å². The molecule has 0 atom stereocenters. The highest BCUT2D eigenvalue weighted by molar-refractivity contribution is 6.32. The summed E-state index contributed by atoms with van der Waals surface area (Å²) in [5, 5.41) is 13.5. The molecule has 25 heavy (non-hydrogen) atoms. The minimum Gasteiger partial charge on any atom is -0.494 e. The minimum absolute atomic E-state index is 0.00672. The van der Waals surface area contributed by atoms with Crippen LogP contribution in [-0.4, -0.2) is 24.0 Å². The molecule has 0 bridgehead atoms. The fourth-order valence-corrected chi connectivity index (χ4v) is 2.17. The van der Waals surface area contributed by atoms with Crippen LogP contribution in [0.2, 0.25) is 5.02 Å². The van der Waals surface area contributed by atoms with Gasteiger partial charge in [0.15, 0.2) is 6.61 Å². The summed E-state index contributed by atoms with van der Waals surface area (Å²) in [6.45, 7) is 1.66. The zero-order valence-corrected chi connectivity index (χ0v) is 13.9. The molecule has 0 aliphatic rings. The number of hydrogen-bond donors (Lipinski definition) is 1. The molecule has 0 saturated carbocycles. The Bertz CT molecular complexity index is 800. The number of nitro groups is 1. The molecule has 0 saturated heterocycles. The molecule has 0 aromatic heterocycles. The second-order valence-corrected chi connectivity index (χ2v) is 5.19. The fourth-order valence-electron chi connectivity index (χ4n) is 1.95. The first-order valence-electron chi connectivity index (χ1n) is 7.19. The number of hydrogen-bond acceptors (Lipinski definition) is 5. The van der Waals surface area contributed by atoms with Gasteiger partial charge in [0, 0.05) is 0 Å². The highest BCUT2D eigenvalue weighted by Crippen LogP contribution is 2.29. The average molecular weight is 369 g/mol. The number of benzene rings is 2. The zero-order valence-electron chi connectivity index (χ0n) is 13.1. The van der Waals surface area contributed by atoms with Crippen molar-refractivity contribution in [2.75, 3.05) is 18.5 Å². The number of halogens is 2. The van der Waals surface area contributed by atoms with Gasteiger partial charge in [-0.05, 0) is 37.3 Å². The van der Waals surface area contributed by atoms with Gasteiger partial charge in [0.2, 0.25) is 0 Å². The number of ether oxygens (including phenoxy) is 2. The van der Waals surface area contributed by atoms with Gasteiger partial charge >= 0.3 is 0 Å². The summed E-state index contributed by atoms with van der Waals surface area (Å²) in [5.74, 6) is -0.722. The van der Waals surface area contributed by atoms with Gasteiger partial charge < -0.3 is 14.8 Å². The minimum atomic E-state index is -0.632. The topological polar surface area (TPSA) is 90.7 Å². The third kappa shape index (κ3) is 5.05. The monoisotopic (exact) mass is 368 g/mol. The molecule has 7 nitrogen and oxygen atoms in total. The second kappa shape index (κ2) is 8.29. The number of rotatable bonds is 7. The molecule has 1 amide bonds. The van der Waals surface area contributed by atoms with Crippen molar-refractivity contribution in [3.05, 3.63) is 57.4 Å². The van der Waals surface area contributed by atoms with Crippen molar-refractivity contribution in [2.45, 2.75) is 6.92 Å². The maximum atomic E-state index is 12.9. The lowest BCUT2D eigenvalue weighted by atomic mass is 10.2. The quantitative estimate of drug-likeness (QED) is 0.593. The Hall–Kier alpha value is -2.87. The number of nitrogens with zero attached hydrogens (tertiary/aromatic N) is 1. The molecule has 132 valence electrons. The van der Waals surface area contributed by atoms with Crippen molar-refractivity contribution < 1.29 is 23.6 Å². The summed E-state index contributed by atoms with van der Waals surface area (Å²) < 4.78 is 23.3. The van der Waals surface area contributed by atoms with Crippen molar-refractivity contribution in [2.24, 2.45) is 0 Å². The SMILES string of the molecule is CCOc1ccc(NC(=O)COc2ccc(F)cc2Cl)c([N+](=O)[O-])c1. The van der Waals surface area contributed by atoms with Gasteiger partial charge in [-0.15, -0.1) is 0 Å². The number of carbonyl (C=O) groups is 1. The van der Waals surface area contributed by atoms with Crippen molar-refractivity contribution in [3.8, 4) is 11.5 Å². The molecule has 0 aliphatic carbocycles. The highest BCUT2D eigenvalue weighted by Gasteiger charge is 2.18. The Morgan fingerprint density at radius 2 is 2.04 bits per heavy atom. The third-order valence-corrected chi connectivity index (χ3v) is 3.30. The fraction of sp³-hybridized carbons (Fsp3) is 0.188. The van der Waals surface area contributed by atoms with Crippen molar-refractivity contribution in [1.82, 2.24) is 0 Å². The van der Waals surface area contributed by atoms with Gasteiger partial charge in [0.1, 0.15) is 23.0 Å². The molecule has 2 aromatic carbocycles. The van der Waals surface area contributed by atoms with E-state index in [0.29, 0.717) is 12.4 Å². The van der Waals surface area contributed by atoms with E-state index in [2.05, 4.69) is 5.32 Å². The Morgan fingerprint density at radius 3 is 2.68 bits per heavy atom. The third-order valence-electron chi connectivity index (χ3n) is 3.00. The summed E-state index contributed by atoms with van der Waals surface area (Å²) in [5.41, 5.74) is -0.300. The van der Waals surface area contributed by atoms with Crippen LogP contribution in [0.4, 0.5) is 15.8 Å². The number of anilines is 1. The summed E-state index contributed by atoms with van der Waals surface area (Å²) in [6, 6.07) is 7.55. The van der Waals surface area contributed by atoms with Crippen LogP contribution in [0.15, 0.2) is 36.4 Å². The first-order valence-corrected chi connectivity index (χ1v) is 7.57. The number of amides is 1. The molecule has 0 unspecified atom stereocenters. The van der Waals surface area contributed by atoms with Gasteiger partial charge in [0.05, 0.1) is 22.6 Å². The van der Waals surface area contributed by atoms with E-state index in [1.807, 2.05) is 0 Å². The molecular weight excluding hydrogens is 355 g/mol. The first kappa shape index (κ1) is 18.5. The van der Waals surface area contributed by atoms with Crippen LogP contribution < -0.4 is 14.8 Å². The van der Waals surface area contributed by atoms with Crippen LogP contribution in [0.1, 0.15) is 6.92 Å². The van der Waals surface area contributed by atoms with E-state index in [0.717, 1.165) is 12.1 Å². The largest absolute Gasteiger partial charge is 0.494 e. The van der Waals surface area contributed by atoms with Crippen LogP contribution in [0.3, 0.4) is 0 Å². The van der Waals surface area contributed by atoms with Crippen molar-refractivity contribution in [1.29, 1.82) is 0 Å². The standard InChI is InChI=1S/C16H14ClFN2O5/c1-2-24-11-4-5-13(14(8-11)20(22)23)19-16(21)9-25-15-6-3-10(18)7-12(15)17/h3-8H,2,9H2,1H3,(H,19,21). The van der Waals surface area contributed by atoms with Gasteiger partial charge in [-0.3, -0.25) is 14.9 Å². The molecule has 9 heteroatoms. The van der Waals surface area contributed by atoms with E-state index in [4.69, 9.17) is 21.1 Å². The Kier molecular flexibility index (Phi) is 6.13. The smallest absolute Gasteiger partial charge is 0.296 e. The molecular formula is C16H14ClFN2O5. The summed E-state index contributed by atoms with van der Waals surface area (Å²) in [7, 11) is 0.